The zero-order valence-corrected chi connectivity index (χ0v) is 26.0. The number of likely N-dealkylation sites (N-methyl/N-ethyl adjacent to an activating group) is 1. The number of carbonyl (C=O) groups is 5. The number of fused-ring (bicyclic) bond motifs is 3. The van der Waals surface area contributed by atoms with Gasteiger partial charge in [0.1, 0.15) is 22.8 Å². The van der Waals surface area contributed by atoms with Crippen molar-refractivity contribution < 1.29 is 53.7 Å². The minimum atomic E-state index is -2.77. The molecule has 1 heterocycles. The molecule has 6 rings (SSSR count). The summed E-state index contributed by atoms with van der Waals surface area (Å²) in [7, 11) is 4.24. The van der Waals surface area contributed by atoms with E-state index in [1.165, 1.54) is 56.6 Å². The van der Waals surface area contributed by atoms with Gasteiger partial charge in [-0.2, -0.15) is 0 Å². The Labute approximate surface area is 272 Å². The van der Waals surface area contributed by atoms with Gasteiger partial charge < -0.3 is 35.4 Å². The van der Waals surface area contributed by atoms with Gasteiger partial charge in [-0.25, -0.2) is 4.79 Å². The van der Waals surface area contributed by atoms with Crippen LogP contribution >= 0.6 is 0 Å². The second kappa shape index (κ2) is 11.6. The van der Waals surface area contributed by atoms with Gasteiger partial charge in [0.05, 0.1) is 30.5 Å². The van der Waals surface area contributed by atoms with Crippen LogP contribution in [-0.2, 0) is 32.0 Å². The average molecular weight is 658 g/mol. The maximum absolute atomic E-state index is 14.1. The fraction of sp³-hybridized carbons (Fsp3) is 0.294. The van der Waals surface area contributed by atoms with Crippen molar-refractivity contribution in [2.24, 2.45) is 17.6 Å². The number of hydrogen-bond donors (Lipinski definition) is 5. The molecule has 1 aromatic heterocycles. The number of aromatic nitrogens is 1. The number of phenolic OH excluding ortho intramolecular Hbond substituents is 1. The molecule has 0 bridgehead atoms. The Morgan fingerprint density at radius 3 is 2.46 bits per heavy atom. The largest absolute Gasteiger partial charge is 0.508 e. The molecule has 0 spiro atoms. The van der Waals surface area contributed by atoms with E-state index in [0.29, 0.717) is 22.3 Å². The van der Waals surface area contributed by atoms with Crippen LogP contribution in [0.1, 0.15) is 44.0 Å². The Bertz CT molecular complexity index is 1990. The van der Waals surface area contributed by atoms with Crippen LogP contribution in [0.2, 0.25) is 0 Å². The number of aliphatic hydroxyl groups excluding tert-OH is 2. The van der Waals surface area contributed by atoms with Gasteiger partial charge in [-0.05, 0) is 73.3 Å². The maximum Gasteiger partial charge on any atom is 0.337 e. The first-order valence-electron chi connectivity index (χ1n) is 14.9. The molecule has 3 aromatic rings. The number of esters is 1. The Kier molecular flexibility index (Phi) is 7.80. The van der Waals surface area contributed by atoms with E-state index in [0.717, 1.165) is 0 Å². The van der Waals surface area contributed by atoms with E-state index in [1.54, 1.807) is 12.1 Å². The third-order valence-corrected chi connectivity index (χ3v) is 9.41. The highest BCUT2D eigenvalue weighted by molar-refractivity contribution is 6.24. The number of hydrogen-bond acceptors (Lipinski definition) is 13. The molecule has 0 unspecified atom stereocenters. The molecule has 248 valence electrons. The molecule has 0 saturated heterocycles. The van der Waals surface area contributed by atoms with Crippen molar-refractivity contribution in [3.63, 3.8) is 0 Å². The molecule has 6 N–H and O–H groups in total. The molecule has 2 aromatic carbocycles. The summed E-state index contributed by atoms with van der Waals surface area (Å²) in [4.78, 5) is 66.7. The number of rotatable bonds is 7. The lowest BCUT2D eigenvalue weighted by atomic mass is 9.57. The molecule has 0 radical (unpaired) electrons. The fourth-order valence-electron chi connectivity index (χ4n) is 7.33. The standard InChI is InChI=1S/C34H31N3O11/c1-37(2)27-20-13-16-12-19-18(15-8-14(9-17(11-15)33(45)47-3)10-22(39)23-6-7-36-48-23)4-5-21(38)25(19)28(40)24(16)30(42)34(20,46)31(43)26(29(27)41)32(35)44/h4-9,11,16,20,27,38,40,43,46H,10,12-13H2,1-3H3,(H2,35,44)/t16-,20-,27-,34-/m1/s1. The highest BCUT2D eigenvalue weighted by atomic mass is 16.5. The third-order valence-electron chi connectivity index (χ3n) is 9.41. The molecule has 3 aliphatic rings. The van der Waals surface area contributed by atoms with Gasteiger partial charge in [0, 0.05) is 24.0 Å². The van der Waals surface area contributed by atoms with Gasteiger partial charge in [0.2, 0.25) is 17.3 Å². The second-order valence-electron chi connectivity index (χ2n) is 12.3. The SMILES string of the molecule is COC(=O)c1cc(CC(=O)c2ccno2)cc(-c2ccc(O)c3c2C[C@@H]2C[C@@H]4[C@@H](N(C)C)C(=O)C(C(N)=O)=C(O)[C@]4(O)C(=O)C2=C3O)c1. The van der Waals surface area contributed by atoms with E-state index in [2.05, 4.69) is 5.16 Å². The van der Waals surface area contributed by atoms with Crippen LogP contribution in [0.4, 0.5) is 0 Å². The first-order chi connectivity index (χ1) is 22.7. The van der Waals surface area contributed by atoms with E-state index < -0.39 is 75.5 Å². The molecule has 1 saturated carbocycles. The number of benzene rings is 2. The van der Waals surface area contributed by atoms with Gasteiger partial charge in [-0.1, -0.05) is 17.3 Å². The number of nitrogens with two attached hydrogens (primary N) is 1. The smallest absolute Gasteiger partial charge is 0.337 e. The molecule has 3 aliphatic carbocycles. The van der Waals surface area contributed by atoms with Crippen LogP contribution in [-0.4, -0.2) is 92.6 Å². The first-order valence-corrected chi connectivity index (χ1v) is 14.9. The Morgan fingerprint density at radius 2 is 1.83 bits per heavy atom. The number of aromatic hydroxyl groups is 1. The maximum atomic E-state index is 14.1. The summed E-state index contributed by atoms with van der Waals surface area (Å²) in [6.45, 7) is 0. The average Bonchev–Trinajstić information content (AvgIpc) is 3.57. The number of carbonyl (C=O) groups excluding carboxylic acids is 5. The number of Topliss-reactive ketones (excluding diaryl/α,β-unsaturated/α-hetero) is 3. The summed E-state index contributed by atoms with van der Waals surface area (Å²) in [5.41, 5.74) is 3.10. The molecule has 0 aliphatic heterocycles. The quantitative estimate of drug-likeness (QED) is 0.139. The number of phenols is 1. The summed E-state index contributed by atoms with van der Waals surface area (Å²) in [6.07, 6.45) is 1.09. The Hall–Kier alpha value is -5.60. The summed E-state index contributed by atoms with van der Waals surface area (Å²) in [5.74, 6) is -8.66. The van der Waals surface area contributed by atoms with Gasteiger partial charge in [0.25, 0.3) is 5.91 Å². The molecular weight excluding hydrogens is 626 g/mol. The van der Waals surface area contributed by atoms with Gasteiger partial charge in [0.15, 0.2) is 11.4 Å². The highest BCUT2D eigenvalue weighted by Gasteiger charge is 2.64. The van der Waals surface area contributed by atoms with E-state index in [-0.39, 0.29) is 41.7 Å². The molecule has 48 heavy (non-hydrogen) atoms. The number of nitrogens with zero attached hydrogens (tertiary/aromatic N) is 2. The molecule has 4 atom stereocenters. The van der Waals surface area contributed by atoms with Crippen molar-refractivity contribution in [3.05, 3.63) is 87.5 Å². The molecule has 14 nitrogen and oxygen atoms in total. The number of amides is 1. The van der Waals surface area contributed by atoms with Crippen molar-refractivity contribution in [2.75, 3.05) is 21.2 Å². The summed E-state index contributed by atoms with van der Waals surface area (Å²) in [5, 5.41) is 49.0. The van der Waals surface area contributed by atoms with Crippen molar-refractivity contribution >= 4 is 35.0 Å². The molecule has 1 fully saturated rings. The Morgan fingerprint density at radius 1 is 1.10 bits per heavy atom. The lowest BCUT2D eigenvalue weighted by molar-refractivity contribution is -0.153. The van der Waals surface area contributed by atoms with Gasteiger partial charge in [-0.3, -0.25) is 24.1 Å². The lowest BCUT2D eigenvalue weighted by Gasteiger charge is -2.50. The number of methoxy groups -OCH3 is 1. The van der Waals surface area contributed by atoms with Gasteiger partial charge in [-0.15, -0.1) is 0 Å². The minimum absolute atomic E-state index is 0.0209. The van der Waals surface area contributed by atoms with Crippen LogP contribution in [0, 0.1) is 11.8 Å². The third kappa shape index (κ3) is 4.79. The zero-order chi connectivity index (χ0) is 34.8. The van der Waals surface area contributed by atoms with Crippen molar-refractivity contribution in [2.45, 2.75) is 30.9 Å². The van der Waals surface area contributed by atoms with E-state index >= 15 is 0 Å². The van der Waals surface area contributed by atoms with E-state index in [1.807, 2.05) is 0 Å². The molecule has 14 heteroatoms. The normalized spacial score (nSPS) is 23.5. The van der Waals surface area contributed by atoms with Crippen molar-refractivity contribution in [1.29, 1.82) is 0 Å². The number of ketones is 3. The van der Waals surface area contributed by atoms with E-state index in [4.69, 9.17) is 15.0 Å². The van der Waals surface area contributed by atoms with Crippen LogP contribution in [0.15, 0.2) is 64.0 Å². The van der Waals surface area contributed by atoms with Crippen molar-refractivity contribution in [3.8, 4) is 16.9 Å². The minimum Gasteiger partial charge on any atom is -0.508 e. The zero-order valence-electron chi connectivity index (χ0n) is 26.0. The van der Waals surface area contributed by atoms with Crippen molar-refractivity contribution in [1.82, 2.24) is 10.1 Å². The summed E-state index contributed by atoms with van der Waals surface area (Å²) >= 11 is 0. The molecule has 1 amide bonds. The summed E-state index contributed by atoms with van der Waals surface area (Å²) in [6, 6.07) is 7.70. The monoisotopic (exact) mass is 657 g/mol. The number of aliphatic hydroxyl groups is 3. The van der Waals surface area contributed by atoms with Gasteiger partial charge >= 0.3 is 5.97 Å². The second-order valence-corrected chi connectivity index (χ2v) is 12.3. The lowest BCUT2D eigenvalue weighted by Crippen LogP contribution is -2.65. The van der Waals surface area contributed by atoms with E-state index in [9.17, 15) is 44.4 Å². The van der Waals surface area contributed by atoms with Crippen LogP contribution in [0.5, 0.6) is 5.75 Å². The highest BCUT2D eigenvalue weighted by Crippen LogP contribution is 2.53. The van der Waals surface area contributed by atoms with Crippen LogP contribution in [0.3, 0.4) is 0 Å². The summed E-state index contributed by atoms with van der Waals surface area (Å²) < 4.78 is 9.91. The first kappa shape index (κ1) is 32.3. The predicted octanol–water partition coefficient (Wildman–Crippen LogP) is 1.83. The topological polar surface area (TPSA) is 231 Å². The van der Waals surface area contributed by atoms with Crippen LogP contribution in [0.25, 0.3) is 16.9 Å². The Balaban J connectivity index is 1.51. The predicted molar refractivity (Wildman–Crippen MR) is 166 cm³/mol. The fourth-order valence-corrected chi connectivity index (χ4v) is 7.33. The molecular formula is C34H31N3O11. The number of primary amides is 1. The number of ether oxygens (including phenoxy) is 1. The van der Waals surface area contributed by atoms with Crippen LogP contribution < -0.4 is 5.73 Å².